The van der Waals surface area contributed by atoms with Gasteiger partial charge < -0.3 is 4.90 Å². The van der Waals surface area contributed by atoms with Crippen LogP contribution in [0.5, 0.6) is 0 Å². The number of likely N-dealkylation sites (N-methyl/N-ethyl adjacent to an activating group) is 1. The Morgan fingerprint density at radius 1 is 1.26 bits per heavy atom. The normalized spacial score (nSPS) is 13.0. The highest BCUT2D eigenvalue weighted by atomic mass is 32.2. The summed E-state index contributed by atoms with van der Waals surface area (Å²) in [5, 5.41) is 8.65. The van der Waals surface area contributed by atoms with Crippen LogP contribution in [-0.4, -0.2) is 50.7 Å². The van der Waals surface area contributed by atoms with Crippen molar-refractivity contribution >= 4 is 22.0 Å². The molecule has 0 aliphatic rings. The SMILES string of the molecule is CC(CC#N)N(C)C(=O)C=Cc1ccc(S(=O)(=O)N(C)C)cc1. The molecule has 0 spiro atoms. The van der Waals surface area contributed by atoms with Gasteiger partial charge in [0.15, 0.2) is 0 Å². The lowest BCUT2D eigenvalue weighted by molar-refractivity contribution is -0.126. The number of hydrogen-bond acceptors (Lipinski definition) is 4. The molecule has 0 radical (unpaired) electrons. The van der Waals surface area contributed by atoms with E-state index in [-0.39, 0.29) is 23.3 Å². The van der Waals surface area contributed by atoms with Crippen LogP contribution in [0.15, 0.2) is 35.2 Å². The average molecular weight is 335 g/mol. The van der Waals surface area contributed by atoms with E-state index in [0.29, 0.717) is 0 Å². The minimum absolute atomic E-state index is 0.162. The molecule has 0 aliphatic heterocycles. The molecule has 0 saturated carbocycles. The Kier molecular flexibility index (Phi) is 6.49. The molecule has 0 bridgehead atoms. The van der Waals surface area contributed by atoms with Crippen molar-refractivity contribution in [2.45, 2.75) is 24.3 Å². The molecule has 0 aliphatic carbocycles. The summed E-state index contributed by atoms with van der Waals surface area (Å²) < 4.78 is 25.1. The number of benzene rings is 1. The number of carbonyl (C=O) groups is 1. The van der Waals surface area contributed by atoms with Crippen molar-refractivity contribution in [2.75, 3.05) is 21.1 Å². The molecule has 1 aromatic carbocycles. The van der Waals surface area contributed by atoms with E-state index in [4.69, 9.17) is 5.26 Å². The van der Waals surface area contributed by atoms with Crippen LogP contribution < -0.4 is 0 Å². The van der Waals surface area contributed by atoms with Gasteiger partial charge in [0, 0.05) is 33.3 Å². The fourth-order valence-corrected chi connectivity index (χ4v) is 2.63. The number of hydrogen-bond donors (Lipinski definition) is 0. The van der Waals surface area contributed by atoms with Crippen LogP contribution in [0.25, 0.3) is 6.08 Å². The zero-order valence-corrected chi connectivity index (χ0v) is 14.5. The molecule has 124 valence electrons. The van der Waals surface area contributed by atoms with Crippen LogP contribution in [0.2, 0.25) is 0 Å². The number of carbonyl (C=O) groups excluding carboxylic acids is 1. The van der Waals surface area contributed by atoms with Crippen LogP contribution >= 0.6 is 0 Å². The van der Waals surface area contributed by atoms with E-state index >= 15 is 0 Å². The van der Waals surface area contributed by atoms with E-state index < -0.39 is 10.0 Å². The lowest BCUT2D eigenvalue weighted by Gasteiger charge is -2.21. The van der Waals surface area contributed by atoms with Crippen LogP contribution in [0.4, 0.5) is 0 Å². The third-order valence-corrected chi connectivity index (χ3v) is 5.30. The first kappa shape index (κ1) is 18.9. The molecule has 0 N–H and O–H groups in total. The van der Waals surface area contributed by atoms with Crippen molar-refractivity contribution in [2.24, 2.45) is 0 Å². The van der Waals surface area contributed by atoms with Gasteiger partial charge in [-0.15, -0.1) is 0 Å². The Bertz CT molecular complexity index is 716. The molecule has 23 heavy (non-hydrogen) atoms. The fourth-order valence-electron chi connectivity index (χ4n) is 1.73. The molecular formula is C16H21N3O3S. The summed E-state index contributed by atoms with van der Waals surface area (Å²) in [7, 11) is 1.13. The Morgan fingerprint density at radius 2 is 1.83 bits per heavy atom. The summed E-state index contributed by atoms with van der Waals surface area (Å²) >= 11 is 0. The molecule has 7 heteroatoms. The number of rotatable bonds is 6. The second-order valence-electron chi connectivity index (χ2n) is 5.35. The summed E-state index contributed by atoms with van der Waals surface area (Å²) in [5.74, 6) is -0.210. The van der Waals surface area contributed by atoms with Crippen molar-refractivity contribution < 1.29 is 13.2 Å². The van der Waals surface area contributed by atoms with Gasteiger partial charge in [-0.25, -0.2) is 12.7 Å². The Morgan fingerprint density at radius 3 is 2.30 bits per heavy atom. The van der Waals surface area contributed by atoms with Gasteiger partial charge in [0.1, 0.15) is 0 Å². The maximum absolute atomic E-state index is 12.0. The average Bonchev–Trinajstić information content (AvgIpc) is 2.52. The summed E-state index contributed by atoms with van der Waals surface area (Å²) in [6.45, 7) is 1.80. The maximum atomic E-state index is 12.0. The predicted molar refractivity (Wildman–Crippen MR) is 88.8 cm³/mol. The van der Waals surface area contributed by atoms with E-state index in [1.54, 1.807) is 32.2 Å². The van der Waals surface area contributed by atoms with Crippen molar-refractivity contribution in [1.29, 1.82) is 5.26 Å². The van der Waals surface area contributed by atoms with E-state index in [0.717, 1.165) is 9.87 Å². The largest absolute Gasteiger partial charge is 0.338 e. The molecule has 1 amide bonds. The summed E-state index contributed by atoms with van der Waals surface area (Å²) in [6.07, 6.45) is 3.29. The number of sulfonamides is 1. The predicted octanol–water partition coefficient (Wildman–Crippen LogP) is 1.71. The van der Waals surface area contributed by atoms with Gasteiger partial charge in [-0.2, -0.15) is 5.26 Å². The van der Waals surface area contributed by atoms with Gasteiger partial charge in [-0.05, 0) is 30.7 Å². The lowest BCUT2D eigenvalue weighted by Crippen LogP contribution is -2.33. The summed E-state index contributed by atoms with van der Waals surface area (Å²) in [4.78, 5) is 13.7. The first-order chi connectivity index (χ1) is 10.7. The lowest BCUT2D eigenvalue weighted by atomic mass is 10.2. The zero-order chi connectivity index (χ0) is 17.6. The number of amides is 1. The monoisotopic (exact) mass is 335 g/mol. The summed E-state index contributed by atoms with van der Waals surface area (Å²) in [5.41, 5.74) is 0.720. The van der Waals surface area contributed by atoms with Crippen molar-refractivity contribution in [3.8, 4) is 6.07 Å². The van der Waals surface area contributed by atoms with E-state index in [9.17, 15) is 13.2 Å². The number of nitriles is 1. The summed E-state index contributed by atoms with van der Waals surface area (Å²) in [6, 6.07) is 8.14. The van der Waals surface area contributed by atoms with Gasteiger partial charge in [0.05, 0.1) is 17.4 Å². The molecule has 0 heterocycles. The first-order valence-electron chi connectivity index (χ1n) is 7.04. The molecule has 0 saturated heterocycles. The Labute approximate surface area is 137 Å². The van der Waals surface area contributed by atoms with Crippen molar-refractivity contribution in [3.05, 3.63) is 35.9 Å². The number of nitrogens with zero attached hydrogens (tertiary/aromatic N) is 3. The zero-order valence-electron chi connectivity index (χ0n) is 13.7. The van der Waals surface area contributed by atoms with Gasteiger partial charge in [0.25, 0.3) is 0 Å². The smallest absolute Gasteiger partial charge is 0.246 e. The molecule has 1 atom stereocenters. The molecule has 1 aromatic rings. The molecule has 0 fully saturated rings. The Hall–Kier alpha value is -2.17. The molecule has 0 aromatic heterocycles. The van der Waals surface area contributed by atoms with Crippen molar-refractivity contribution in [3.63, 3.8) is 0 Å². The molecule has 6 nitrogen and oxygen atoms in total. The highest BCUT2D eigenvalue weighted by Crippen LogP contribution is 2.15. The minimum Gasteiger partial charge on any atom is -0.338 e. The molecular weight excluding hydrogens is 314 g/mol. The van der Waals surface area contributed by atoms with E-state index in [1.165, 1.54) is 37.2 Å². The topological polar surface area (TPSA) is 81.5 Å². The highest BCUT2D eigenvalue weighted by molar-refractivity contribution is 7.89. The van der Waals surface area contributed by atoms with Crippen molar-refractivity contribution in [1.82, 2.24) is 9.21 Å². The molecule has 1 rings (SSSR count). The van der Waals surface area contributed by atoms with Gasteiger partial charge in [0.2, 0.25) is 15.9 Å². The van der Waals surface area contributed by atoms with Crippen LogP contribution in [0, 0.1) is 11.3 Å². The quantitative estimate of drug-likeness (QED) is 0.741. The van der Waals surface area contributed by atoms with Gasteiger partial charge in [-0.1, -0.05) is 12.1 Å². The maximum Gasteiger partial charge on any atom is 0.246 e. The second kappa shape index (κ2) is 7.90. The van der Waals surface area contributed by atoms with E-state index in [1.807, 2.05) is 6.07 Å². The molecule has 1 unspecified atom stereocenters. The van der Waals surface area contributed by atoms with E-state index in [2.05, 4.69) is 0 Å². The van der Waals surface area contributed by atoms with Gasteiger partial charge >= 0.3 is 0 Å². The third kappa shape index (κ3) is 4.91. The second-order valence-corrected chi connectivity index (χ2v) is 7.50. The van der Waals surface area contributed by atoms with Gasteiger partial charge in [-0.3, -0.25) is 4.79 Å². The van der Waals surface area contributed by atoms with Crippen LogP contribution in [0.1, 0.15) is 18.9 Å². The van der Waals surface area contributed by atoms with Crippen LogP contribution in [0.3, 0.4) is 0 Å². The minimum atomic E-state index is -3.45. The van der Waals surface area contributed by atoms with Crippen LogP contribution in [-0.2, 0) is 14.8 Å². The fraction of sp³-hybridized carbons (Fsp3) is 0.375. The standard InChI is InChI=1S/C16H21N3O3S/c1-13(11-12-17)19(4)16(20)10-7-14-5-8-15(9-6-14)23(21,22)18(2)3/h5-10,13H,11H2,1-4H3. The first-order valence-corrected chi connectivity index (χ1v) is 8.48. The highest BCUT2D eigenvalue weighted by Gasteiger charge is 2.16. The third-order valence-electron chi connectivity index (χ3n) is 3.47. The Balaban J connectivity index is 2.83.